The number of aromatic amines is 1. The zero-order valence-corrected chi connectivity index (χ0v) is 18.6. The molecular weight excluding hydrogens is 422 g/mol. The van der Waals surface area contributed by atoms with Crippen LogP contribution in [-0.4, -0.2) is 52.2 Å². The van der Waals surface area contributed by atoms with Crippen LogP contribution in [-0.2, 0) is 17.8 Å². The lowest BCUT2D eigenvalue weighted by atomic mass is 9.97. The van der Waals surface area contributed by atoms with E-state index in [2.05, 4.69) is 10.2 Å². The molecule has 1 aromatic heterocycles. The van der Waals surface area contributed by atoms with Crippen LogP contribution in [0, 0.1) is 5.92 Å². The number of amides is 1. The number of carbonyl (C=O) groups is 2. The Kier molecular flexibility index (Phi) is 5.76. The second kappa shape index (κ2) is 8.86. The molecule has 5 rings (SSSR count). The Hall–Kier alpha value is -3.39. The van der Waals surface area contributed by atoms with Crippen molar-refractivity contribution in [3.05, 3.63) is 52.7 Å². The van der Waals surface area contributed by atoms with Gasteiger partial charge in [-0.25, -0.2) is 0 Å². The molecule has 0 spiro atoms. The number of ether oxygens (including phenoxy) is 2. The third kappa shape index (κ3) is 4.06. The molecule has 8 nitrogen and oxygen atoms in total. The number of ketones is 1. The molecule has 2 heterocycles. The van der Waals surface area contributed by atoms with E-state index in [0.29, 0.717) is 42.9 Å². The first-order valence-corrected chi connectivity index (χ1v) is 11.3. The molecule has 0 unspecified atom stereocenters. The summed E-state index contributed by atoms with van der Waals surface area (Å²) in [6.45, 7) is 1.83. The summed E-state index contributed by atoms with van der Waals surface area (Å²) in [7, 11) is 1.62. The van der Waals surface area contributed by atoms with Crippen molar-refractivity contribution in [1.29, 1.82) is 0 Å². The minimum atomic E-state index is -0.284. The zero-order chi connectivity index (χ0) is 22.9. The summed E-state index contributed by atoms with van der Waals surface area (Å²) >= 11 is 0. The Morgan fingerprint density at radius 3 is 2.70 bits per heavy atom. The molecule has 0 bridgehead atoms. The maximum absolute atomic E-state index is 13.3. The SMILES string of the molecule is COCCOc1ccc2c(c1)CN(C(=O)c1cc3c(C(=O)C4CCCC4)n[nH]c3cc1O)C2. The van der Waals surface area contributed by atoms with Crippen molar-refractivity contribution in [2.45, 2.75) is 38.8 Å². The van der Waals surface area contributed by atoms with Gasteiger partial charge < -0.3 is 19.5 Å². The van der Waals surface area contributed by atoms with Gasteiger partial charge in [0.2, 0.25) is 0 Å². The number of carbonyl (C=O) groups excluding carboxylic acids is 2. The molecule has 0 radical (unpaired) electrons. The number of Topliss-reactive ketones (excluding diaryl/α,β-unsaturated/α-hetero) is 1. The van der Waals surface area contributed by atoms with E-state index in [1.165, 1.54) is 6.07 Å². The van der Waals surface area contributed by atoms with E-state index in [1.807, 2.05) is 18.2 Å². The fourth-order valence-electron chi connectivity index (χ4n) is 4.81. The molecule has 33 heavy (non-hydrogen) atoms. The standard InChI is InChI=1S/C25H27N3O5/c1-32-8-9-33-18-7-6-16-13-28(14-17(16)10-18)25(31)20-11-19-21(12-22(20)29)26-27-23(19)24(30)15-4-2-3-5-15/h6-7,10-12,15,29H,2-5,8-9,13-14H2,1H3,(H,26,27). The molecule has 3 aromatic rings. The Bertz CT molecular complexity index is 1210. The molecule has 1 aliphatic carbocycles. The van der Waals surface area contributed by atoms with Crippen LogP contribution < -0.4 is 4.74 Å². The van der Waals surface area contributed by atoms with Crippen LogP contribution >= 0.6 is 0 Å². The lowest BCUT2D eigenvalue weighted by Crippen LogP contribution is -2.25. The fourth-order valence-corrected chi connectivity index (χ4v) is 4.81. The van der Waals surface area contributed by atoms with Gasteiger partial charge in [-0.05, 0) is 42.2 Å². The van der Waals surface area contributed by atoms with Crippen molar-refractivity contribution in [3.8, 4) is 11.5 Å². The molecule has 2 N–H and O–H groups in total. The van der Waals surface area contributed by atoms with Crippen LogP contribution in [0.5, 0.6) is 11.5 Å². The van der Waals surface area contributed by atoms with Crippen LogP contribution in [0.15, 0.2) is 30.3 Å². The number of phenols is 1. The van der Waals surface area contributed by atoms with Gasteiger partial charge in [0.1, 0.15) is 23.8 Å². The zero-order valence-electron chi connectivity index (χ0n) is 18.6. The molecule has 1 fully saturated rings. The Labute approximate surface area is 191 Å². The normalized spacial score (nSPS) is 15.8. The van der Waals surface area contributed by atoms with E-state index >= 15 is 0 Å². The van der Waals surface area contributed by atoms with Gasteiger partial charge in [0.05, 0.1) is 17.7 Å². The number of H-pyrrole nitrogens is 1. The highest BCUT2D eigenvalue weighted by Crippen LogP contribution is 2.34. The number of rotatable bonds is 7. The first-order valence-electron chi connectivity index (χ1n) is 11.3. The number of aromatic nitrogens is 2. The molecular formula is C25H27N3O5. The van der Waals surface area contributed by atoms with E-state index in [-0.39, 0.29) is 28.9 Å². The average Bonchev–Trinajstić information content (AvgIpc) is 3.56. The number of hydrogen-bond acceptors (Lipinski definition) is 6. The molecule has 0 atom stereocenters. The van der Waals surface area contributed by atoms with Crippen LogP contribution in [0.25, 0.3) is 10.9 Å². The monoisotopic (exact) mass is 449 g/mol. The molecule has 2 aliphatic rings. The second-order valence-corrected chi connectivity index (χ2v) is 8.77. The van der Waals surface area contributed by atoms with Gasteiger partial charge in [0.15, 0.2) is 5.78 Å². The Morgan fingerprint density at radius 2 is 1.91 bits per heavy atom. The number of methoxy groups -OCH3 is 1. The molecule has 172 valence electrons. The van der Waals surface area contributed by atoms with Gasteiger partial charge in [0, 0.05) is 37.6 Å². The van der Waals surface area contributed by atoms with E-state index in [4.69, 9.17) is 9.47 Å². The third-order valence-corrected chi connectivity index (χ3v) is 6.61. The molecule has 8 heteroatoms. The molecule has 1 aliphatic heterocycles. The predicted molar refractivity (Wildman–Crippen MR) is 121 cm³/mol. The lowest BCUT2D eigenvalue weighted by molar-refractivity contribution is 0.0748. The summed E-state index contributed by atoms with van der Waals surface area (Å²) in [5.41, 5.74) is 3.14. The van der Waals surface area contributed by atoms with E-state index in [1.54, 1.807) is 18.1 Å². The summed E-state index contributed by atoms with van der Waals surface area (Å²) in [6, 6.07) is 8.86. The van der Waals surface area contributed by atoms with Crippen LogP contribution in [0.1, 0.15) is 57.7 Å². The van der Waals surface area contributed by atoms with Gasteiger partial charge >= 0.3 is 0 Å². The first kappa shape index (κ1) is 21.5. The quantitative estimate of drug-likeness (QED) is 0.420. The summed E-state index contributed by atoms with van der Waals surface area (Å²) < 4.78 is 10.7. The maximum Gasteiger partial charge on any atom is 0.258 e. The van der Waals surface area contributed by atoms with E-state index in [9.17, 15) is 14.7 Å². The van der Waals surface area contributed by atoms with Crippen LogP contribution in [0.3, 0.4) is 0 Å². The number of benzene rings is 2. The largest absolute Gasteiger partial charge is 0.507 e. The van der Waals surface area contributed by atoms with Crippen molar-refractivity contribution in [2.75, 3.05) is 20.3 Å². The van der Waals surface area contributed by atoms with Gasteiger partial charge in [-0.3, -0.25) is 14.7 Å². The van der Waals surface area contributed by atoms with E-state index < -0.39 is 0 Å². The Balaban J connectivity index is 1.38. The fraction of sp³-hybridized carbons (Fsp3) is 0.400. The number of fused-ring (bicyclic) bond motifs is 2. The minimum Gasteiger partial charge on any atom is -0.507 e. The summed E-state index contributed by atoms with van der Waals surface area (Å²) in [4.78, 5) is 28.0. The Morgan fingerprint density at radius 1 is 1.12 bits per heavy atom. The molecule has 2 aromatic carbocycles. The van der Waals surface area contributed by atoms with Gasteiger partial charge in [0.25, 0.3) is 5.91 Å². The maximum atomic E-state index is 13.3. The predicted octanol–water partition coefficient (Wildman–Crippen LogP) is 3.82. The average molecular weight is 450 g/mol. The molecule has 1 saturated carbocycles. The van der Waals surface area contributed by atoms with Crippen LogP contribution in [0.2, 0.25) is 0 Å². The number of aromatic hydroxyl groups is 1. The molecule has 1 amide bonds. The first-order chi connectivity index (χ1) is 16.0. The topological polar surface area (TPSA) is 105 Å². The van der Waals surface area contributed by atoms with Crippen molar-refractivity contribution < 1.29 is 24.2 Å². The van der Waals surface area contributed by atoms with Crippen molar-refractivity contribution in [1.82, 2.24) is 15.1 Å². The summed E-state index contributed by atoms with van der Waals surface area (Å²) in [5, 5.41) is 18.2. The number of nitrogens with zero attached hydrogens (tertiary/aromatic N) is 2. The summed E-state index contributed by atoms with van der Waals surface area (Å²) in [6.07, 6.45) is 3.86. The highest BCUT2D eigenvalue weighted by atomic mass is 16.5. The van der Waals surface area contributed by atoms with Gasteiger partial charge in [-0.15, -0.1) is 0 Å². The summed E-state index contributed by atoms with van der Waals surface area (Å²) in [5.74, 6) is 0.316. The lowest BCUT2D eigenvalue weighted by Gasteiger charge is -2.16. The highest BCUT2D eigenvalue weighted by Gasteiger charge is 2.30. The number of nitrogens with one attached hydrogen (secondary N) is 1. The molecule has 0 saturated heterocycles. The van der Waals surface area contributed by atoms with Gasteiger partial charge in [-0.2, -0.15) is 5.10 Å². The smallest absolute Gasteiger partial charge is 0.258 e. The van der Waals surface area contributed by atoms with Crippen molar-refractivity contribution in [2.24, 2.45) is 5.92 Å². The van der Waals surface area contributed by atoms with E-state index in [0.717, 1.165) is 42.6 Å². The number of phenolic OH excluding ortho intramolecular Hbond substituents is 1. The van der Waals surface area contributed by atoms with Crippen molar-refractivity contribution in [3.63, 3.8) is 0 Å². The highest BCUT2D eigenvalue weighted by molar-refractivity contribution is 6.10. The van der Waals surface area contributed by atoms with Crippen LogP contribution in [0.4, 0.5) is 0 Å². The van der Waals surface area contributed by atoms with Gasteiger partial charge in [-0.1, -0.05) is 18.9 Å². The second-order valence-electron chi connectivity index (χ2n) is 8.77. The van der Waals surface area contributed by atoms with Crippen molar-refractivity contribution >= 4 is 22.6 Å². The number of hydrogen-bond donors (Lipinski definition) is 2. The minimum absolute atomic E-state index is 0.0115. The third-order valence-electron chi connectivity index (χ3n) is 6.61.